The van der Waals surface area contributed by atoms with Crippen LogP contribution >= 0.6 is 0 Å². The summed E-state index contributed by atoms with van der Waals surface area (Å²) in [5.74, 6) is -0.345. The molecule has 0 saturated carbocycles. The highest BCUT2D eigenvalue weighted by Gasteiger charge is 2.15. The quantitative estimate of drug-likeness (QED) is 0.281. The second-order valence-corrected chi connectivity index (χ2v) is 4.56. The number of hydrogen-bond acceptors (Lipinski definition) is 3. The van der Waals surface area contributed by atoms with Crippen molar-refractivity contribution in [1.29, 1.82) is 0 Å². The van der Waals surface area contributed by atoms with Gasteiger partial charge < -0.3 is 26.5 Å². The van der Waals surface area contributed by atoms with Crippen molar-refractivity contribution < 1.29 is 26.4 Å². The van der Waals surface area contributed by atoms with Gasteiger partial charge in [-0.25, -0.2) is 4.79 Å². The van der Waals surface area contributed by atoms with Gasteiger partial charge in [-0.05, 0) is 14.1 Å². The van der Waals surface area contributed by atoms with Gasteiger partial charge in [0.2, 0.25) is 0 Å². The van der Waals surface area contributed by atoms with Gasteiger partial charge in [-0.3, -0.25) is 0 Å². The predicted molar refractivity (Wildman–Crippen MR) is 61.6 cm³/mol. The van der Waals surface area contributed by atoms with Gasteiger partial charge in [0.05, 0.1) is 20.6 Å². The molecule has 5 heteroatoms. The van der Waals surface area contributed by atoms with Gasteiger partial charge in [0.25, 0.3) is 0 Å². The van der Waals surface area contributed by atoms with Gasteiger partial charge in [0.15, 0.2) is 0 Å². The first kappa shape index (κ1) is 17.8. The molecule has 0 atom stereocenters. The molecule has 0 aliphatic heterocycles. The summed E-state index contributed by atoms with van der Waals surface area (Å²) >= 11 is 0. The number of likely N-dealkylation sites (N-methyl/N-ethyl adjacent to an activating group) is 2. The zero-order chi connectivity index (χ0) is 11.9. The van der Waals surface area contributed by atoms with Crippen LogP contribution in [0, 0.1) is 0 Å². The van der Waals surface area contributed by atoms with E-state index in [2.05, 4.69) is 39.7 Å². The summed E-state index contributed by atoms with van der Waals surface area (Å²) in [6, 6.07) is 0. The number of carbonyl (C=O) groups excluding carboxylic acids is 1. The average molecular weight is 251 g/mol. The Bertz CT molecular complexity index is 218. The molecule has 0 spiro atoms. The predicted octanol–water partition coefficient (Wildman–Crippen LogP) is -2.64. The summed E-state index contributed by atoms with van der Waals surface area (Å²) in [4.78, 5) is 13.0. The van der Waals surface area contributed by atoms with Crippen molar-refractivity contribution in [3.05, 3.63) is 12.7 Å². The summed E-state index contributed by atoms with van der Waals surface area (Å²) < 4.78 is 5.80. The number of esters is 1. The van der Waals surface area contributed by atoms with E-state index in [9.17, 15) is 4.79 Å². The summed E-state index contributed by atoms with van der Waals surface area (Å²) in [7, 11) is 8.37. The largest absolute Gasteiger partial charge is 1.00 e. The molecule has 0 aliphatic carbocycles. The maximum absolute atomic E-state index is 10.8. The molecule has 0 amide bonds. The molecule has 0 aromatic rings. The van der Waals surface area contributed by atoms with Crippen molar-refractivity contribution in [2.75, 3.05) is 54.4 Å². The third-order valence-electron chi connectivity index (χ3n) is 2.26. The van der Waals surface area contributed by atoms with Gasteiger partial charge in [-0.2, -0.15) is 0 Å². The molecule has 96 valence electrons. The van der Waals surface area contributed by atoms with Crippen LogP contribution in [0.5, 0.6) is 0 Å². The molecule has 0 rings (SSSR count). The van der Waals surface area contributed by atoms with E-state index in [4.69, 9.17) is 4.74 Å². The van der Waals surface area contributed by atoms with Crippen LogP contribution in [0.1, 0.15) is 0 Å². The highest BCUT2D eigenvalue weighted by atomic mass is 35.5. The Morgan fingerprint density at radius 2 is 1.94 bits per heavy atom. The third-order valence-corrected chi connectivity index (χ3v) is 2.26. The lowest BCUT2D eigenvalue weighted by atomic mass is 10.4. The molecule has 0 saturated heterocycles. The first-order valence-corrected chi connectivity index (χ1v) is 5.13. The van der Waals surface area contributed by atoms with Crippen molar-refractivity contribution in [3.63, 3.8) is 0 Å². The number of hydrogen-bond donors (Lipinski definition) is 0. The van der Waals surface area contributed by atoms with Crippen LogP contribution in [0.3, 0.4) is 0 Å². The second-order valence-electron chi connectivity index (χ2n) is 4.56. The molecule has 0 aromatic carbocycles. The molecule has 0 heterocycles. The second kappa shape index (κ2) is 8.56. The lowest BCUT2D eigenvalue weighted by Crippen LogP contribution is -3.00. The maximum atomic E-state index is 10.8. The standard InChI is InChI=1S/C11H23N2O2.ClH/c1-6-11(14)15-10-9-13(4,5)8-7-12(2)3;/h6H,1,7-10H2,2-5H3;1H/q+1;/p-1. The van der Waals surface area contributed by atoms with Crippen molar-refractivity contribution in [3.8, 4) is 0 Å². The van der Waals surface area contributed by atoms with Gasteiger partial charge in [0, 0.05) is 12.6 Å². The van der Waals surface area contributed by atoms with Crippen molar-refractivity contribution in [2.45, 2.75) is 0 Å². The number of quaternary nitrogens is 1. The molecule has 0 radical (unpaired) electrons. The summed E-state index contributed by atoms with van der Waals surface area (Å²) in [5, 5.41) is 0. The number of ether oxygens (including phenoxy) is 1. The van der Waals surface area contributed by atoms with Crippen LogP contribution in [-0.4, -0.2) is 69.8 Å². The minimum Gasteiger partial charge on any atom is -1.00 e. The monoisotopic (exact) mass is 250 g/mol. The van der Waals surface area contributed by atoms with Gasteiger partial charge in [-0.1, -0.05) is 6.58 Å². The minimum absolute atomic E-state index is 0. The Balaban J connectivity index is 0. The van der Waals surface area contributed by atoms with Gasteiger partial charge in [-0.15, -0.1) is 0 Å². The van der Waals surface area contributed by atoms with Crippen molar-refractivity contribution >= 4 is 5.97 Å². The minimum atomic E-state index is -0.345. The van der Waals surface area contributed by atoms with E-state index in [0.717, 1.165) is 24.1 Å². The zero-order valence-electron chi connectivity index (χ0n) is 10.7. The lowest BCUT2D eigenvalue weighted by Gasteiger charge is -2.30. The Labute approximate surface area is 105 Å². The Morgan fingerprint density at radius 3 is 2.38 bits per heavy atom. The maximum Gasteiger partial charge on any atom is 0.330 e. The third kappa shape index (κ3) is 9.96. The number of rotatable bonds is 7. The fourth-order valence-electron chi connectivity index (χ4n) is 1.03. The van der Waals surface area contributed by atoms with E-state index < -0.39 is 0 Å². The van der Waals surface area contributed by atoms with Crippen molar-refractivity contribution in [1.82, 2.24) is 4.90 Å². The van der Waals surface area contributed by atoms with E-state index in [0.29, 0.717) is 6.61 Å². The Morgan fingerprint density at radius 1 is 1.38 bits per heavy atom. The number of nitrogens with zero attached hydrogens (tertiary/aromatic N) is 2. The molecule has 0 aliphatic rings. The highest BCUT2D eigenvalue weighted by Crippen LogP contribution is 1.97. The van der Waals surface area contributed by atoms with E-state index in [-0.39, 0.29) is 18.4 Å². The van der Waals surface area contributed by atoms with E-state index >= 15 is 0 Å². The van der Waals surface area contributed by atoms with Crippen LogP contribution in [0.2, 0.25) is 0 Å². The van der Waals surface area contributed by atoms with Crippen LogP contribution in [-0.2, 0) is 9.53 Å². The molecule has 16 heavy (non-hydrogen) atoms. The first-order chi connectivity index (χ1) is 6.87. The van der Waals surface area contributed by atoms with Crippen LogP contribution in [0.25, 0.3) is 0 Å². The summed E-state index contributed by atoms with van der Waals surface area (Å²) in [5.41, 5.74) is 0. The van der Waals surface area contributed by atoms with Crippen LogP contribution < -0.4 is 12.4 Å². The van der Waals surface area contributed by atoms with Crippen LogP contribution in [0.15, 0.2) is 12.7 Å². The molecule has 0 fully saturated rings. The van der Waals surface area contributed by atoms with E-state index in [1.807, 2.05) is 0 Å². The molecule has 0 aromatic heterocycles. The highest BCUT2D eigenvalue weighted by molar-refractivity contribution is 5.81. The van der Waals surface area contributed by atoms with Gasteiger partial charge >= 0.3 is 5.97 Å². The number of carbonyl (C=O) groups is 1. The summed E-state index contributed by atoms with van der Waals surface area (Å²) in [6.07, 6.45) is 1.19. The molecular weight excluding hydrogens is 228 g/mol. The molecular formula is C11H23ClN2O2. The fraction of sp³-hybridized carbons (Fsp3) is 0.727. The molecule has 4 nitrogen and oxygen atoms in total. The average Bonchev–Trinajstić information content (AvgIpc) is 2.14. The van der Waals surface area contributed by atoms with Crippen LogP contribution in [0.4, 0.5) is 0 Å². The topological polar surface area (TPSA) is 29.5 Å². The Kier molecular flexibility index (Phi) is 9.52. The SMILES string of the molecule is C=CC(=O)OCC[N+](C)(C)CCN(C)C.[Cl-]. The van der Waals surface area contributed by atoms with Crippen molar-refractivity contribution in [2.24, 2.45) is 0 Å². The molecule has 0 N–H and O–H groups in total. The first-order valence-electron chi connectivity index (χ1n) is 5.13. The summed E-state index contributed by atoms with van der Waals surface area (Å²) in [6.45, 7) is 6.70. The molecule has 0 unspecified atom stereocenters. The molecule has 0 bridgehead atoms. The smallest absolute Gasteiger partial charge is 0.330 e. The van der Waals surface area contributed by atoms with Gasteiger partial charge in [0.1, 0.15) is 13.2 Å². The van der Waals surface area contributed by atoms with E-state index in [1.54, 1.807) is 0 Å². The fourth-order valence-corrected chi connectivity index (χ4v) is 1.03. The number of halogens is 1. The normalized spacial score (nSPS) is 10.8. The lowest BCUT2D eigenvalue weighted by molar-refractivity contribution is -0.889. The zero-order valence-corrected chi connectivity index (χ0v) is 11.5. The Hall–Kier alpha value is -0.580. The van der Waals surface area contributed by atoms with E-state index in [1.165, 1.54) is 6.08 Å².